The number of benzene rings is 1. The summed E-state index contributed by atoms with van der Waals surface area (Å²) >= 11 is 2.85. The van der Waals surface area contributed by atoms with E-state index in [1.165, 1.54) is 5.56 Å². The van der Waals surface area contributed by atoms with Crippen LogP contribution < -0.4 is 0 Å². The van der Waals surface area contributed by atoms with Crippen LogP contribution in [0.1, 0.15) is 5.56 Å². The fraction of sp³-hybridized carbons (Fsp3) is 0. The summed E-state index contributed by atoms with van der Waals surface area (Å²) < 4.78 is 0. The van der Waals surface area contributed by atoms with Crippen LogP contribution in [0.3, 0.4) is 0 Å². The van der Waals surface area contributed by atoms with E-state index in [0.29, 0.717) is 12.8 Å². The molecule has 0 aromatic heterocycles. The maximum atomic E-state index is 2.22. The average Bonchev–Trinajstić information content (AvgIpc) is 2.03. The van der Waals surface area contributed by atoms with E-state index in [9.17, 15) is 0 Å². The molecule has 0 atom stereocenters. The molecule has 0 radical (unpaired) electrons. The van der Waals surface area contributed by atoms with E-state index in [2.05, 4.69) is 51.1 Å². The van der Waals surface area contributed by atoms with Crippen molar-refractivity contribution in [2.45, 2.75) is 0 Å². The minimum absolute atomic E-state index is 0.649. The fourth-order valence-corrected chi connectivity index (χ4v) is 1.33. The Morgan fingerprint density at radius 2 is 1.90 bits per heavy atom. The first-order valence-corrected chi connectivity index (χ1v) is 5.88. The summed E-state index contributed by atoms with van der Waals surface area (Å²) in [7, 11) is 0. The predicted octanol–water partition coefficient (Wildman–Crippen LogP) is 1.45. The molecule has 0 N–H and O–H groups in total. The standard InChI is InChI=1S/C8H8Se.Li/c9-7-6-8-4-2-1-3-5-8;/h1-7,9H;/q;+1/p-1/b7-6+;. The summed E-state index contributed by atoms with van der Waals surface area (Å²) in [5.74, 6) is 0. The second kappa shape index (κ2) is 4.83. The summed E-state index contributed by atoms with van der Waals surface area (Å²) in [5.41, 5.74) is 1.30. The molecule has 1 aromatic carbocycles. The Kier molecular flexibility index (Phi) is 3.95. The molecule has 0 aliphatic carbocycles. The second-order valence-electron chi connectivity index (χ2n) is 1.95. The van der Waals surface area contributed by atoms with Crippen LogP contribution >= 0.6 is 0 Å². The van der Waals surface area contributed by atoms with Gasteiger partial charge in [0.2, 0.25) is 0 Å². The van der Waals surface area contributed by atoms with E-state index >= 15 is 0 Å². The Morgan fingerprint density at radius 3 is 2.50 bits per heavy atom. The van der Waals surface area contributed by atoms with Gasteiger partial charge in [-0.3, -0.25) is 0 Å². The van der Waals surface area contributed by atoms with Crippen LogP contribution in [0.2, 0.25) is 0 Å². The fourth-order valence-electron chi connectivity index (χ4n) is 0.711. The van der Waals surface area contributed by atoms with Gasteiger partial charge in [0.05, 0.1) is 0 Å². The zero-order valence-electron chi connectivity index (χ0n) is 5.95. The molecule has 0 unspecified atom stereocenters. The first-order valence-electron chi connectivity index (χ1n) is 3.18. The van der Waals surface area contributed by atoms with Gasteiger partial charge in [-0.2, -0.15) is 0 Å². The molecule has 0 bridgehead atoms. The third kappa shape index (κ3) is 2.77. The minimum atomic E-state index is 0.649. The van der Waals surface area contributed by atoms with Crippen molar-refractivity contribution in [1.29, 1.82) is 0 Å². The molecule has 1 aromatic rings. The van der Waals surface area contributed by atoms with E-state index in [1.807, 2.05) is 6.07 Å². The summed E-state index contributed by atoms with van der Waals surface area (Å²) in [4.78, 5) is 2.22. The molecule has 0 heterocycles. The van der Waals surface area contributed by atoms with Crippen LogP contribution in [0.15, 0.2) is 35.3 Å². The molecule has 0 aliphatic rings. The molecule has 2 heteroatoms. The van der Waals surface area contributed by atoms with Gasteiger partial charge in [0.25, 0.3) is 0 Å². The molecule has 10 heavy (non-hydrogen) atoms. The van der Waals surface area contributed by atoms with Crippen LogP contribution in [0, 0.1) is 0 Å². The maximum absolute atomic E-state index is 2.22. The Labute approximate surface area is 75.4 Å². The van der Waals surface area contributed by atoms with Gasteiger partial charge in [0, 0.05) is 0 Å². The monoisotopic (exact) mass is 190 g/mol. The Morgan fingerprint density at radius 1 is 1.20 bits per heavy atom. The van der Waals surface area contributed by atoms with Crippen LogP contribution in [-0.2, 0) is 0 Å². The topological polar surface area (TPSA) is 0 Å². The van der Waals surface area contributed by atoms with Crippen molar-refractivity contribution in [2.75, 3.05) is 0 Å². The zero-order chi connectivity index (χ0) is 7.23. The molecule has 1 rings (SSSR count). The Hall–Kier alpha value is 0.0769. The van der Waals surface area contributed by atoms with Gasteiger partial charge >= 0.3 is 75.5 Å². The van der Waals surface area contributed by atoms with Gasteiger partial charge < -0.3 is 0 Å². The van der Waals surface area contributed by atoms with Crippen LogP contribution in [0.5, 0.6) is 0 Å². The first-order chi connectivity index (χ1) is 4.93. The number of hydrogen-bond acceptors (Lipinski definition) is 0. The third-order valence-corrected chi connectivity index (χ3v) is 2.05. The van der Waals surface area contributed by atoms with Gasteiger partial charge in [0.1, 0.15) is 0 Å². The summed E-state index contributed by atoms with van der Waals surface area (Å²) in [6, 6.07) is 10.4. The SMILES string of the molecule is [Li][Se]/C=C/c1ccccc1. The van der Waals surface area contributed by atoms with Gasteiger partial charge in [-0.15, -0.1) is 0 Å². The molecule has 0 amide bonds. The van der Waals surface area contributed by atoms with Gasteiger partial charge in [-0.05, 0) is 0 Å². The van der Waals surface area contributed by atoms with E-state index in [1.54, 1.807) is 0 Å². The molecular formula is C8H7LiSe. The normalized spacial score (nSPS) is 10.6. The molecule has 46 valence electrons. The van der Waals surface area contributed by atoms with Crippen molar-refractivity contribution in [1.82, 2.24) is 0 Å². The van der Waals surface area contributed by atoms with Crippen molar-refractivity contribution in [3.05, 3.63) is 40.9 Å². The molecule has 0 fully saturated rings. The second-order valence-corrected chi connectivity index (χ2v) is 3.51. The van der Waals surface area contributed by atoms with Crippen molar-refractivity contribution < 1.29 is 0 Å². The zero-order valence-corrected chi connectivity index (χ0v) is 7.66. The van der Waals surface area contributed by atoms with Crippen LogP contribution in [-0.4, -0.2) is 28.5 Å². The van der Waals surface area contributed by atoms with E-state index in [-0.39, 0.29) is 0 Å². The molecular weight excluding hydrogens is 182 g/mol. The number of rotatable bonds is 2. The quantitative estimate of drug-likeness (QED) is 0.617. The van der Waals surface area contributed by atoms with Gasteiger partial charge in [-0.1, -0.05) is 0 Å². The number of hydrogen-bond donors (Lipinski definition) is 0. The predicted molar refractivity (Wildman–Crippen MR) is 47.0 cm³/mol. The van der Waals surface area contributed by atoms with E-state index in [0.717, 1.165) is 0 Å². The molecule has 0 nitrogen and oxygen atoms in total. The summed E-state index contributed by atoms with van der Waals surface area (Å²) in [5, 5.41) is 0. The Bertz CT molecular complexity index is 206. The van der Waals surface area contributed by atoms with Crippen molar-refractivity contribution in [3.63, 3.8) is 0 Å². The van der Waals surface area contributed by atoms with Crippen molar-refractivity contribution in [2.24, 2.45) is 0 Å². The third-order valence-electron chi connectivity index (χ3n) is 1.20. The van der Waals surface area contributed by atoms with E-state index < -0.39 is 0 Å². The van der Waals surface area contributed by atoms with Gasteiger partial charge in [0.15, 0.2) is 0 Å². The molecule has 0 aliphatic heterocycles. The van der Waals surface area contributed by atoms with Crippen LogP contribution in [0.4, 0.5) is 0 Å². The van der Waals surface area contributed by atoms with Crippen LogP contribution in [0.25, 0.3) is 6.08 Å². The van der Waals surface area contributed by atoms with E-state index in [4.69, 9.17) is 0 Å². The van der Waals surface area contributed by atoms with Crippen molar-refractivity contribution >= 4 is 34.6 Å². The van der Waals surface area contributed by atoms with Crippen molar-refractivity contribution in [3.8, 4) is 0 Å². The summed E-state index contributed by atoms with van der Waals surface area (Å²) in [6.45, 7) is 0. The Balaban J connectivity index is 2.67. The first kappa shape index (κ1) is 8.18. The molecule has 0 saturated carbocycles. The molecule has 0 saturated heterocycles. The van der Waals surface area contributed by atoms with Gasteiger partial charge in [-0.25, -0.2) is 0 Å². The summed E-state index contributed by atoms with van der Waals surface area (Å²) in [6.07, 6.45) is 2.17. The average molecular weight is 189 g/mol. The molecule has 0 spiro atoms.